The minimum absolute atomic E-state index is 0.0304. The molecule has 130 valence electrons. The van der Waals surface area contributed by atoms with Crippen molar-refractivity contribution in [3.8, 4) is 11.5 Å². The number of allylic oxidation sites excluding steroid dienone is 1. The first-order valence-corrected chi connectivity index (χ1v) is 9.31. The molecule has 3 rings (SSSR count). The van der Waals surface area contributed by atoms with Crippen molar-refractivity contribution in [1.29, 1.82) is 0 Å². The summed E-state index contributed by atoms with van der Waals surface area (Å²) >= 11 is 0.831. The van der Waals surface area contributed by atoms with Gasteiger partial charge >= 0.3 is 0 Å². The summed E-state index contributed by atoms with van der Waals surface area (Å²) in [5.74, 6) is 2.04. The van der Waals surface area contributed by atoms with Gasteiger partial charge in [0.1, 0.15) is 35.6 Å². The molecule has 4 nitrogen and oxygen atoms in total. The number of rotatable bonds is 4. The van der Waals surface area contributed by atoms with Gasteiger partial charge in [0.2, 0.25) is 0 Å². The second kappa shape index (κ2) is 6.45. The number of carbonyl (C=O) groups is 1. The van der Waals surface area contributed by atoms with E-state index in [9.17, 15) is 4.79 Å². The fraction of sp³-hybridized carbons (Fsp3) is 0.526. The molecule has 3 unspecified atom stereocenters. The van der Waals surface area contributed by atoms with Crippen molar-refractivity contribution >= 4 is 23.6 Å². The average molecular weight is 347 g/mol. The van der Waals surface area contributed by atoms with Crippen molar-refractivity contribution in [2.45, 2.75) is 53.1 Å². The Hall–Kier alpha value is -1.46. The van der Waals surface area contributed by atoms with Gasteiger partial charge in [-0.1, -0.05) is 13.8 Å². The van der Waals surface area contributed by atoms with Gasteiger partial charge in [-0.2, -0.15) is 0 Å². The Morgan fingerprint density at radius 2 is 2.25 bits per heavy atom. The summed E-state index contributed by atoms with van der Waals surface area (Å²) < 4.78 is 11.5. The van der Waals surface area contributed by atoms with Crippen molar-refractivity contribution in [3.05, 3.63) is 29.3 Å². The molecule has 0 amide bonds. The number of nitrogens with two attached hydrogens (primary N) is 1. The van der Waals surface area contributed by atoms with Crippen LogP contribution in [-0.2, 0) is 4.79 Å². The molecule has 1 aliphatic heterocycles. The van der Waals surface area contributed by atoms with Crippen LogP contribution in [0.15, 0.2) is 23.8 Å². The van der Waals surface area contributed by atoms with Crippen LogP contribution in [0.1, 0.15) is 52.5 Å². The zero-order valence-corrected chi connectivity index (χ0v) is 15.5. The van der Waals surface area contributed by atoms with Gasteiger partial charge in [-0.05, 0) is 62.3 Å². The molecule has 1 aliphatic carbocycles. The second-order valence-electron chi connectivity index (χ2n) is 6.97. The summed E-state index contributed by atoms with van der Waals surface area (Å²) in [5.41, 5.74) is 3.49. The van der Waals surface area contributed by atoms with Gasteiger partial charge in [0.05, 0.1) is 0 Å². The van der Waals surface area contributed by atoms with Crippen LogP contribution in [0.3, 0.4) is 0 Å². The molecule has 0 radical (unpaired) electrons. The Morgan fingerprint density at radius 3 is 2.88 bits per heavy atom. The third-order valence-electron chi connectivity index (χ3n) is 5.76. The summed E-state index contributed by atoms with van der Waals surface area (Å²) in [4.78, 5) is 12.3. The van der Waals surface area contributed by atoms with Crippen molar-refractivity contribution in [2.24, 2.45) is 16.5 Å². The van der Waals surface area contributed by atoms with Gasteiger partial charge in [0.15, 0.2) is 0 Å². The number of ketones is 1. The molecule has 3 atom stereocenters. The lowest BCUT2D eigenvalue weighted by molar-refractivity contribution is -0.128. The van der Waals surface area contributed by atoms with Crippen LogP contribution in [0.25, 0.3) is 5.57 Å². The van der Waals surface area contributed by atoms with E-state index in [-0.39, 0.29) is 23.2 Å². The number of benzene rings is 1. The first kappa shape index (κ1) is 17.4. The highest BCUT2D eigenvalue weighted by atomic mass is 32.2. The quantitative estimate of drug-likeness (QED) is 0.640. The van der Waals surface area contributed by atoms with Crippen molar-refractivity contribution in [3.63, 3.8) is 0 Å². The van der Waals surface area contributed by atoms with Crippen LogP contribution in [0.2, 0.25) is 0 Å². The smallest absolute Gasteiger partial charge is 0.142 e. The highest BCUT2D eigenvalue weighted by Crippen LogP contribution is 2.53. The molecule has 24 heavy (non-hydrogen) atoms. The topological polar surface area (TPSA) is 61.5 Å². The SMILES string of the molecule is CCC1C2=C(CCC1(C)C(C)=O)c1ccc(OSN)cc1OC2C. The fourth-order valence-corrected chi connectivity index (χ4v) is 4.59. The summed E-state index contributed by atoms with van der Waals surface area (Å²) in [6.45, 7) is 8.09. The number of ether oxygens (including phenoxy) is 1. The standard InChI is InChI=1S/C19H25NO3S/c1-5-16-18-11(2)22-17-10-13(23-24-20)6-7-14(17)15(18)8-9-19(16,4)12(3)21/h6-7,10-11,16H,5,8-9,20H2,1-4H3. The molecule has 1 aromatic carbocycles. The average Bonchev–Trinajstić information content (AvgIpc) is 2.55. The molecule has 0 saturated carbocycles. The Morgan fingerprint density at radius 1 is 1.50 bits per heavy atom. The van der Waals surface area contributed by atoms with Crippen LogP contribution >= 0.6 is 12.2 Å². The molecule has 0 aromatic heterocycles. The van der Waals surface area contributed by atoms with Gasteiger partial charge in [0, 0.05) is 17.0 Å². The number of fused-ring (bicyclic) bond motifs is 2. The molecule has 0 saturated heterocycles. The molecule has 0 fully saturated rings. The second-order valence-corrected chi connectivity index (χ2v) is 7.33. The van der Waals surface area contributed by atoms with Gasteiger partial charge < -0.3 is 8.92 Å². The molecule has 0 spiro atoms. The Labute approximate surface area is 148 Å². The third kappa shape index (κ3) is 2.64. The lowest BCUT2D eigenvalue weighted by atomic mass is 9.60. The maximum absolute atomic E-state index is 12.3. The largest absolute Gasteiger partial charge is 0.486 e. The third-order valence-corrected chi connectivity index (χ3v) is 6.05. The highest BCUT2D eigenvalue weighted by molar-refractivity contribution is 7.92. The zero-order chi connectivity index (χ0) is 17.5. The number of carbonyl (C=O) groups excluding carboxylic acids is 1. The molecule has 2 N–H and O–H groups in total. The molecule has 1 aromatic rings. The van der Waals surface area contributed by atoms with E-state index in [1.165, 1.54) is 11.1 Å². The molecule has 0 bridgehead atoms. The van der Waals surface area contributed by atoms with Crippen molar-refractivity contribution in [2.75, 3.05) is 0 Å². The van der Waals surface area contributed by atoms with E-state index in [0.29, 0.717) is 5.75 Å². The van der Waals surface area contributed by atoms with Crippen LogP contribution in [-0.4, -0.2) is 11.9 Å². The first-order chi connectivity index (χ1) is 11.4. The Bertz CT molecular complexity index is 700. The van der Waals surface area contributed by atoms with Crippen LogP contribution < -0.4 is 14.1 Å². The first-order valence-electron chi connectivity index (χ1n) is 8.50. The van der Waals surface area contributed by atoms with Crippen LogP contribution in [0.4, 0.5) is 0 Å². The lowest BCUT2D eigenvalue weighted by Gasteiger charge is -2.46. The number of hydrogen-bond donors (Lipinski definition) is 1. The van der Waals surface area contributed by atoms with E-state index < -0.39 is 0 Å². The molecule has 1 heterocycles. The maximum Gasteiger partial charge on any atom is 0.142 e. The Balaban J connectivity index is 2.10. The highest BCUT2D eigenvalue weighted by Gasteiger charge is 2.46. The van der Waals surface area contributed by atoms with Crippen LogP contribution in [0, 0.1) is 11.3 Å². The fourth-order valence-electron chi connectivity index (χ4n) is 4.38. The van der Waals surface area contributed by atoms with Crippen LogP contribution in [0.5, 0.6) is 11.5 Å². The molecule has 2 aliphatic rings. The molecular formula is C19H25NO3S. The Kier molecular flexibility index (Phi) is 4.67. The predicted molar refractivity (Wildman–Crippen MR) is 97.7 cm³/mol. The normalized spacial score (nSPS) is 28.7. The van der Waals surface area contributed by atoms with E-state index in [1.807, 2.05) is 18.2 Å². The summed E-state index contributed by atoms with van der Waals surface area (Å²) in [6, 6.07) is 5.86. The van der Waals surface area contributed by atoms with Crippen molar-refractivity contribution in [1.82, 2.24) is 0 Å². The van der Waals surface area contributed by atoms with Gasteiger partial charge in [-0.3, -0.25) is 4.79 Å². The van der Waals surface area contributed by atoms with E-state index in [2.05, 4.69) is 20.8 Å². The summed E-state index contributed by atoms with van der Waals surface area (Å²) in [7, 11) is 0. The maximum atomic E-state index is 12.3. The van der Waals surface area contributed by atoms with E-state index >= 15 is 0 Å². The summed E-state index contributed by atoms with van der Waals surface area (Å²) in [6.07, 6.45) is 2.72. The van der Waals surface area contributed by atoms with Crippen molar-refractivity contribution < 1.29 is 13.7 Å². The molecule has 5 heteroatoms. The van der Waals surface area contributed by atoms with E-state index in [1.54, 1.807) is 6.92 Å². The monoisotopic (exact) mass is 347 g/mol. The minimum Gasteiger partial charge on any atom is -0.486 e. The van der Waals surface area contributed by atoms with E-state index in [0.717, 1.165) is 42.8 Å². The zero-order valence-electron chi connectivity index (χ0n) is 14.7. The van der Waals surface area contributed by atoms with Gasteiger partial charge in [0.25, 0.3) is 0 Å². The van der Waals surface area contributed by atoms with E-state index in [4.69, 9.17) is 14.1 Å². The summed E-state index contributed by atoms with van der Waals surface area (Å²) in [5, 5.41) is 5.38. The predicted octanol–water partition coefficient (Wildman–Crippen LogP) is 4.54. The number of hydrogen-bond acceptors (Lipinski definition) is 5. The molecular weight excluding hydrogens is 322 g/mol. The lowest BCUT2D eigenvalue weighted by Crippen LogP contribution is -2.42. The van der Waals surface area contributed by atoms with Gasteiger partial charge in [-0.15, -0.1) is 0 Å². The minimum atomic E-state index is -0.290. The number of Topliss-reactive ketones (excluding diaryl/α,β-unsaturated/α-hetero) is 1. The van der Waals surface area contributed by atoms with Gasteiger partial charge in [-0.25, -0.2) is 5.14 Å².